The molecule has 0 aliphatic carbocycles. The number of aromatic amines is 1. The number of nitrogens with zero attached hydrogens (tertiary/aromatic N) is 4. The van der Waals surface area contributed by atoms with E-state index in [1.165, 1.54) is 15.8 Å². The lowest BCUT2D eigenvalue weighted by molar-refractivity contribution is -0.127. The molecule has 2 aromatic heterocycles. The van der Waals surface area contributed by atoms with Gasteiger partial charge in [-0.15, -0.1) is 0 Å². The number of hydrogen-bond acceptors (Lipinski definition) is 8. The molecule has 0 spiro atoms. The van der Waals surface area contributed by atoms with Gasteiger partial charge in [-0.05, 0) is 24.3 Å². The number of ether oxygens (including phenoxy) is 1. The number of nitrogens with two attached hydrogens (primary N) is 1. The predicted octanol–water partition coefficient (Wildman–Crippen LogP) is 0.934. The van der Waals surface area contributed by atoms with Crippen LogP contribution >= 0.6 is 0 Å². The molecule has 1 aliphatic heterocycles. The normalized spacial score (nSPS) is 22.2. The SMILES string of the molecule is Nc1[nH]c(=O)nc2c1ncn2[C@@H]1O[C@H](CO)[C@@H](O)[C@H]1C(=O)N(c1ccccc1)c1ccccc1. The lowest BCUT2D eigenvalue weighted by Gasteiger charge is -2.29. The highest BCUT2D eigenvalue weighted by atomic mass is 16.5. The number of rotatable bonds is 5. The zero-order valence-electron chi connectivity index (χ0n) is 17.9. The van der Waals surface area contributed by atoms with Crippen LogP contribution in [0.15, 0.2) is 71.8 Å². The van der Waals surface area contributed by atoms with E-state index in [9.17, 15) is 19.8 Å². The summed E-state index contributed by atoms with van der Waals surface area (Å²) in [6.07, 6.45) is -2.14. The van der Waals surface area contributed by atoms with Crippen molar-refractivity contribution in [1.82, 2.24) is 19.5 Å². The Kier molecular flexibility index (Phi) is 5.57. The number of para-hydroxylation sites is 2. The summed E-state index contributed by atoms with van der Waals surface area (Å²) >= 11 is 0. The minimum atomic E-state index is -1.34. The van der Waals surface area contributed by atoms with E-state index in [-0.39, 0.29) is 17.0 Å². The number of aliphatic hydroxyl groups is 2. The smallest absolute Gasteiger partial charge is 0.348 e. The van der Waals surface area contributed by atoms with Crippen molar-refractivity contribution < 1.29 is 19.7 Å². The lowest BCUT2D eigenvalue weighted by atomic mass is 9.97. The molecular formula is C23H22N6O5. The van der Waals surface area contributed by atoms with Gasteiger partial charge in [0.15, 0.2) is 11.9 Å². The van der Waals surface area contributed by atoms with E-state index in [4.69, 9.17) is 10.5 Å². The highest BCUT2D eigenvalue weighted by molar-refractivity contribution is 6.02. The van der Waals surface area contributed by atoms with Crippen LogP contribution in [0.3, 0.4) is 0 Å². The van der Waals surface area contributed by atoms with Gasteiger partial charge in [0.05, 0.1) is 19.0 Å². The molecule has 11 heteroatoms. The third-order valence-corrected chi connectivity index (χ3v) is 5.83. The van der Waals surface area contributed by atoms with Crippen LogP contribution in [0.4, 0.5) is 17.2 Å². The van der Waals surface area contributed by atoms with Gasteiger partial charge in [-0.1, -0.05) is 36.4 Å². The first-order valence-electron chi connectivity index (χ1n) is 10.6. The van der Waals surface area contributed by atoms with Crippen LogP contribution < -0.4 is 16.3 Å². The summed E-state index contributed by atoms with van der Waals surface area (Å²) in [5.74, 6) is -1.60. The number of benzene rings is 2. The van der Waals surface area contributed by atoms with Gasteiger partial charge in [-0.2, -0.15) is 4.98 Å². The molecule has 2 aromatic carbocycles. The number of fused-ring (bicyclic) bond motifs is 1. The summed E-state index contributed by atoms with van der Waals surface area (Å²) in [6.45, 7) is -0.513. The third kappa shape index (κ3) is 3.61. The molecule has 0 bridgehead atoms. The monoisotopic (exact) mass is 462 g/mol. The second-order valence-electron chi connectivity index (χ2n) is 7.89. The van der Waals surface area contributed by atoms with E-state index in [1.807, 2.05) is 12.1 Å². The van der Waals surface area contributed by atoms with E-state index >= 15 is 0 Å². The van der Waals surface area contributed by atoms with Gasteiger partial charge in [-0.3, -0.25) is 19.2 Å². The minimum absolute atomic E-state index is 0.0177. The molecule has 0 saturated carbocycles. The maximum Gasteiger partial charge on any atom is 0.348 e. The standard InChI is InChI=1S/C23H22N6O5/c24-19-17-20(27-23(33)26-19)28(12-25-17)22-16(18(31)15(11-30)34-22)21(32)29(13-7-3-1-4-8-13)14-9-5-2-6-10-14/h1-10,12,15-16,18,22,30-31H,11H2,(H3,24,26,27,33)/t15-,16+,18-,22-/m1/s1. The van der Waals surface area contributed by atoms with Crippen molar-refractivity contribution in [1.29, 1.82) is 0 Å². The Morgan fingerprint density at radius 3 is 2.32 bits per heavy atom. The summed E-state index contributed by atoms with van der Waals surface area (Å²) < 4.78 is 7.28. The number of carbonyl (C=O) groups excluding carboxylic acids is 1. The maximum absolute atomic E-state index is 14.1. The lowest BCUT2D eigenvalue weighted by Crippen LogP contribution is -2.42. The quantitative estimate of drug-likeness (QED) is 0.341. The van der Waals surface area contributed by atoms with Crippen molar-refractivity contribution in [2.75, 3.05) is 17.2 Å². The van der Waals surface area contributed by atoms with E-state index in [0.717, 1.165) is 0 Å². The van der Waals surface area contributed by atoms with Crippen LogP contribution in [0.25, 0.3) is 11.2 Å². The van der Waals surface area contributed by atoms with Gasteiger partial charge < -0.3 is 20.7 Å². The fourth-order valence-electron chi connectivity index (χ4n) is 4.25. The van der Waals surface area contributed by atoms with Crippen molar-refractivity contribution in [3.8, 4) is 0 Å². The Balaban J connectivity index is 1.64. The van der Waals surface area contributed by atoms with Crippen molar-refractivity contribution >= 4 is 34.3 Å². The zero-order valence-corrected chi connectivity index (χ0v) is 17.9. The Morgan fingerprint density at radius 2 is 1.74 bits per heavy atom. The maximum atomic E-state index is 14.1. The Hall–Kier alpha value is -4.06. The summed E-state index contributed by atoms with van der Waals surface area (Å²) in [5.41, 5.74) is 6.67. The van der Waals surface area contributed by atoms with Gasteiger partial charge in [0.2, 0.25) is 5.91 Å². The fourth-order valence-corrected chi connectivity index (χ4v) is 4.25. The average Bonchev–Trinajstić information content (AvgIpc) is 3.41. The number of carbonyl (C=O) groups is 1. The van der Waals surface area contributed by atoms with E-state index in [1.54, 1.807) is 48.5 Å². The number of imidazole rings is 1. The van der Waals surface area contributed by atoms with Crippen molar-refractivity contribution in [3.05, 3.63) is 77.5 Å². The van der Waals surface area contributed by atoms with Crippen molar-refractivity contribution in [2.24, 2.45) is 5.92 Å². The average molecular weight is 462 g/mol. The van der Waals surface area contributed by atoms with E-state index in [2.05, 4.69) is 15.0 Å². The molecule has 5 rings (SSSR count). The first-order chi connectivity index (χ1) is 16.5. The molecule has 5 N–H and O–H groups in total. The summed E-state index contributed by atoms with van der Waals surface area (Å²) in [4.78, 5) is 38.0. The molecule has 3 heterocycles. The number of nitrogens with one attached hydrogen (secondary N) is 1. The molecule has 174 valence electrons. The fraction of sp³-hybridized carbons (Fsp3) is 0.217. The Morgan fingerprint density at radius 1 is 1.12 bits per heavy atom. The van der Waals surface area contributed by atoms with Gasteiger partial charge >= 0.3 is 5.69 Å². The number of anilines is 3. The molecule has 0 radical (unpaired) electrons. The molecule has 1 amide bonds. The zero-order chi connectivity index (χ0) is 23.8. The van der Waals surface area contributed by atoms with E-state index < -0.39 is 42.6 Å². The van der Waals surface area contributed by atoms with Crippen molar-refractivity contribution in [3.63, 3.8) is 0 Å². The van der Waals surface area contributed by atoms with Gasteiger partial charge in [0, 0.05) is 11.4 Å². The van der Waals surface area contributed by atoms with Crippen LogP contribution in [0.2, 0.25) is 0 Å². The summed E-state index contributed by atoms with van der Waals surface area (Å²) in [5, 5.41) is 20.8. The second kappa shape index (κ2) is 8.71. The Bertz CT molecular complexity index is 1330. The number of hydrogen-bond donors (Lipinski definition) is 4. The van der Waals surface area contributed by atoms with Crippen LogP contribution in [0, 0.1) is 5.92 Å². The molecule has 1 saturated heterocycles. The topological polar surface area (TPSA) is 160 Å². The number of amides is 1. The molecule has 34 heavy (non-hydrogen) atoms. The highest BCUT2D eigenvalue weighted by Gasteiger charge is 2.50. The van der Waals surface area contributed by atoms with Crippen LogP contribution in [-0.4, -0.2) is 54.5 Å². The van der Waals surface area contributed by atoms with Crippen LogP contribution in [-0.2, 0) is 9.53 Å². The number of aromatic nitrogens is 4. The number of aliphatic hydroxyl groups excluding tert-OH is 2. The number of nitrogen functional groups attached to an aromatic ring is 1. The summed E-state index contributed by atoms with van der Waals surface area (Å²) in [6, 6.07) is 18.0. The molecule has 1 aliphatic rings. The third-order valence-electron chi connectivity index (χ3n) is 5.83. The molecule has 1 fully saturated rings. The second-order valence-corrected chi connectivity index (χ2v) is 7.89. The number of H-pyrrole nitrogens is 1. The highest BCUT2D eigenvalue weighted by Crippen LogP contribution is 2.40. The molecule has 0 unspecified atom stereocenters. The minimum Gasteiger partial charge on any atom is -0.394 e. The molecule has 4 atom stereocenters. The van der Waals surface area contributed by atoms with Crippen LogP contribution in [0.5, 0.6) is 0 Å². The largest absolute Gasteiger partial charge is 0.394 e. The van der Waals surface area contributed by atoms with Gasteiger partial charge in [0.1, 0.15) is 23.4 Å². The first-order valence-corrected chi connectivity index (χ1v) is 10.6. The Labute approximate surface area is 193 Å². The van der Waals surface area contributed by atoms with Crippen molar-refractivity contribution in [2.45, 2.75) is 18.4 Å². The van der Waals surface area contributed by atoms with Gasteiger partial charge in [0.25, 0.3) is 0 Å². The van der Waals surface area contributed by atoms with Crippen LogP contribution in [0.1, 0.15) is 6.23 Å². The van der Waals surface area contributed by atoms with E-state index in [0.29, 0.717) is 11.4 Å². The first kappa shape index (κ1) is 21.8. The molecule has 11 nitrogen and oxygen atoms in total. The predicted molar refractivity (Wildman–Crippen MR) is 123 cm³/mol. The molecule has 4 aromatic rings. The summed E-state index contributed by atoms with van der Waals surface area (Å²) in [7, 11) is 0. The van der Waals surface area contributed by atoms with Gasteiger partial charge in [-0.25, -0.2) is 9.78 Å². The molecular weight excluding hydrogens is 440 g/mol.